The van der Waals surface area contributed by atoms with Crippen molar-refractivity contribution in [1.82, 2.24) is 10.2 Å². The van der Waals surface area contributed by atoms with Crippen LogP contribution in [-0.4, -0.2) is 59.5 Å². The van der Waals surface area contributed by atoms with Crippen LogP contribution < -0.4 is 10.1 Å². The lowest BCUT2D eigenvalue weighted by Gasteiger charge is -2.48. The quantitative estimate of drug-likeness (QED) is 0.447. The van der Waals surface area contributed by atoms with E-state index in [0.717, 1.165) is 4.90 Å². The van der Waals surface area contributed by atoms with Gasteiger partial charge in [0.15, 0.2) is 0 Å². The number of nitrogens with zero attached hydrogens (tertiary/aromatic N) is 1. The number of β-lactam (4-membered cyclic amide) rings is 1. The number of nitrogens with one attached hydrogen (secondary N) is 1. The molecular formula is C23H24N2O7. The number of amides is 2. The highest BCUT2D eigenvalue weighted by Crippen LogP contribution is 2.28. The number of likely N-dealkylation sites (tertiary alicyclic amines) is 1. The highest BCUT2D eigenvalue weighted by Gasteiger charge is 2.53. The highest BCUT2D eigenvalue weighted by atomic mass is 16.5. The fourth-order valence-corrected chi connectivity index (χ4v) is 3.58. The zero-order chi connectivity index (χ0) is 23.3. The summed E-state index contributed by atoms with van der Waals surface area (Å²) in [7, 11) is 1.50. The molecule has 1 heterocycles. The Morgan fingerprint density at radius 1 is 1.09 bits per heavy atom. The van der Waals surface area contributed by atoms with Gasteiger partial charge in [0.25, 0.3) is 5.91 Å². The second-order valence-electron chi connectivity index (χ2n) is 7.37. The molecule has 2 N–H and O–H groups in total. The summed E-state index contributed by atoms with van der Waals surface area (Å²) in [5.41, 5.74) is 0.999. The lowest BCUT2D eigenvalue weighted by molar-refractivity contribution is -0.167. The van der Waals surface area contributed by atoms with Crippen molar-refractivity contribution in [2.75, 3.05) is 13.7 Å². The van der Waals surface area contributed by atoms with Gasteiger partial charge in [-0.25, -0.2) is 0 Å². The molecule has 1 aliphatic heterocycles. The number of aliphatic carboxylic acids is 1. The Kier molecular flexibility index (Phi) is 7.09. The summed E-state index contributed by atoms with van der Waals surface area (Å²) in [6.07, 6.45) is 0. The molecule has 2 aromatic rings. The number of carbonyl (C=O) groups is 4. The number of benzene rings is 2. The first kappa shape index (κ1) is 22.8. The van der Waals surface area contributed by atoms with Gasteiger partial charge in [-0.05, 0) is 25.1 Å². The molecule has 2 amide bonds. The van der Waals surface area contributed by atoms with E-state index < -0.39 is 48.3 Å². The van der Waals surface area contributed by atoms with E-state index >= 15 is 0 Å². The van der Waals surface area contributed by atoms with E-state index in [0.29, 0.717) is 16.9 Å². The Balaban J connectivity index is 1.66. The average Bonchev–Trinajstić information content (AvgIpc) is 2.81. The zero-order valence-corrected chi connectivity index (χ0v) is 17.7. The van der Waals surface area contributed by atoms with Crippen molar-refractivity contribution in [1.29, 1.82) is 0 Å². The molecule has 9 nitrogen and oxygen atoms in total. The Hall–Kier alpha value is -3.88. The lowest BCUT2D eigenvalue weighted by Crippen LogP contribution is -2.74. The number of carboxylic acid groups (broad SMARTS) is 1. The van der Waals surface area contributed by atoms with Crippen LogP contribution in [-0.2, 0) is 25.7 Å². The Morgan fingerprint density at radius 2 is 1.75 bits per heavy atom. The number of esters is 1. The maximum absolute atomic E-state index is 12.7. The van der Waals surface area contributed by atoms with Crippen molar-refractivity contribution in [2.45, 2.75) is 25.6 Å². The molecule has 1 unspecified atom stereocenters. The van der Waals surface area contributed by atoms with Crippen LogP contribution >= 0.6 is 0 Å². The first-order chi connectivity index (χ1) is 15.3. The number of carboxylic acids is 1. The minimum atomic E-state index is -1.14. The molecule has 3 rings (SSSR count). The number of carbonyl (C=O) groups excluding carboxylic acids is 3. The fraction of sp³-hybridized carbons (Fsp3) is 0.304. The molecule has 1 aliphatic rings. The molecule has 0 aromatic heterocycles. The second-order valence-corrected chi connectivity index (χ2v) is 7.37. The van der Waals surface area contributed by atoms with Gasteiger partial charge in [-0.3, -0.25) is 19.2 Å². The Labute approximate surface area is 184 Å². The topological polar surface area (TPSA) is 122 Å². The summed E-state index contributed by atoms with van der Waals surface area (Å²) >= 11 is 0. The van der Waals surface area contributed by atoms with Gasteiger partial charge in [0.2, 0.25) is 5.91 Å². The van der Waals surface area contributed by atoms with Crippen molar-refractivity contribution in [2.24, 2.45) is 5.92 Å². The van der Waals surface area contributed by atoms with Crippen molar-refractivity contribution in [3.63, 3.8) is 0 Å². The fourth-order valence-electron chi connectivity index (χ4n) is 3.58. The largest absolute Gasteiger partial charge is 0.496 e. The van der Waals surface area contributed by atoms with Crippen molar-refractivity contribution >= 4 is 23.8 Å². The molecule has 0 bridgehead atoms. The van der Waals surface area contributed by atoms with Gasteiger partial charge in [0, 0.05) is 11.1 Å². The number of hydrogen-bond acceptors (Lipinski definition) is 6. The third-order valence-electron chi connectivity index (χ3n) is 5.36. The monoisotopic (exact) mass is 440 g/mol. The van der Waals surface area contributed by atoms with Gasteiger partial charge >= 0.3 is 11.9 Å². The Morgan fingerprint density at radius 3 is 2.41 bits per heavy atom. The van der Waals surface area contributed by atoms with E-state index in [4.69, 9.17) is 9.47 Å². The summed E-state index contributed by atoms with van der Waals surface area (Å²) in [6, 6.07) is 13.4. The molecule has 32 heavy (non-hydrogen) atoms. The predicted octanol–water partition coefficient (Wildman–Crippen LogP) is 1.47. The van der Waals surface area contributed by atoms with E-state index in [1.54, 1.807) is 54.6 Å². The highest BCUT2D eigenvalue weighted by molar-refractivity contribution is 6.01. The predicted molar refractivity (Wildman–Crippen MR) is 113 cm³/mol. The average molecular weight is 440 g/mol. The molecule has 0 spiro atoms. The lowest BCUT2D eigenvalue weighted by atomic mass is 9.84. The van der Waals surface area contributed by atoms with Gasteiger partial charge in [-0.1, -0.05) is 36.4 Å². The van der Waals surface area contributed by atoms with Crippen molar-refractivity contribution < 1.29 is 33.8 Å². The van der Waals surface area contributed by atoms with E-state index in [2.05, 4.69) is 5.32 Å². The number of ether oxygens (including phenoxy) is 2. The summed E-state index contributed by atoms with van der Waals surface area (Å²) < 4.78 is 10.5. The third kappa shape index (κ3) is 4.88. The van der Waals surface area contributed by atoms with E-state index in [1.807, 2.05) is 0 Å². The summed E-state index contributed by atoms with van der Waals surface area (Å²) in [5, 5.41) is 12.0. The molecule has 3 atom stereocenters. The zero-order valence-electron chi connectivity index (χ0n) is 17.7. The number of rotatable bonds is 9. The molecule has 1 saturated heterocycles. The molecule has 168 valence electrons. The van der Waals surface area contributed by atoms with Crippen LogP contribution in [0.5, 0.6) is 5.75 Å². The van der Waals surface area contributed by atoms with Gasteiger partial charge in [-0.15, -0.1) is 0 Å². The van der Waals surface area contributed by atoms with Crippen molar-refractivity contribution in [3.8, 4) is 5.75 Å². The van der Waals surface area contributed by atoms with Crippen LogP contribution in [0.3, 0.4) is 0 Å². The SMILES string of the molecule is COc1ccccc1COC(=O)CN1C(=O)[C@H](NC(=O)c2ccccc2)[C@@H]1C(C)C(=O)O. The smallest absolute Gasteiger partial charge is 0.325 e. The number of para-hydroxylation sites is 1. The first-order valence-electron chi connectivity index (χ1n) is 10.00. The molecule has 1 fully saturated rings. The molecule has 0 radical (unpaired) electrons. The normalized spacial score (nSPS) is 18.3. The van der Waals surface area contributed by atoms with Crippen LogP contribution in [0.25, 0.3) is 0 Å². The van der Waals surface area contributed by atoms with Crippen LogP contribution in [0.1, 0.15) is 22.8 Å². The first-order valence-corrected chi connectivity index (χ1v) is 10.00. The molecule has 0 saturated carbocycles. The summed E-state index contributed by atoms with van der Waals surface area (Å²) in [6.45, 7) is 0.945. The van der Waals surface area contributed by atoms with E-state index in [-0.39, 0.29) is 6.61 Å². The Bertz CT molecular complexity index is 1010. The van der Waals surface area contributed by atoms with Crippen LogP contribution in [0.4, 0.5) is 0 Å². The van der Waals surface area contributed by atoms with Gasteiger partial charge in [0.1, 0.15) is 24.9 Å². The van der Waals surface area contributed by atoms with Gasteiger partial charge < -0.3 is 24.8 Å². The van der Waals surface area contributed by atoms with Crippen LogP contribution in [0.2, 0.25) is 0 Å². The summed E-state index contributed by atoms with van der Waals surface area (Å²) in [5.74, 6) is -3.32. The van der Waals surface area contributed by atoms with Gasteiger partial charge in [0.05, 0.1) is 19.1 Å². The standard InChI is InChI=1S/C23H24N2O7/c1-14(23(29)30)20-19(24-21(27)15-8-4-3-5-9-15)22(28)25(20)12-18(26)32-13-16-10-6-7-11-17(16)31-2/h3-11,14,19-20H,12-13H2,1-2H3,(H,24,27)(H,29,30)/t14?,19-,20+/m1/s1. The minimum absolute atomic E-state index is 0.0573. The van der Waals surface area contributed by atoms with Gasteiger partial charge in [-0.2, -0.15) is 0 Å². The van der Waals surface area contributed by atoms with Crippen LogP contribution in [0, 0.1) is 5.92 Å². The molecule has 0 aliphatic carbocycles. The maximum Gasteiger partial charge on any atom is 0.325 e. The summed E-state index contributed by atoms with van der Waals surface area (Å²) in [4.78, 5) is 50.2. The van der Waals surface area contributed by atoms with E-state index in [1.165, 1.54) is 14.0 Å². The minimum Gasteiger partial charge on any atom is -0.496 e. The second kappa shape index (κ2) is 9.95. The number of methoxy groups -OCH3 is 1. The number of hydrogen-bond donors (Lipinski definition) is 2. The molecule has 9 heteroatoms. The molecular weight excluding hydrogens is 416 g/mol. The third-order valence-corrected chi connectivity index (χ3v) is 5.36. The van der Waals surface area contributed by atoms with Crippen LogP contribution in [0.15, 0.2) is 54.6 Å². The van der Waals surface area contributed by atoms with Crippen molar-refractivity contribution in [3.05, 3.63) is 65.7 Å². The molecule has 2 aromatic carbocycles. The maximum atomic E-state index is 12.7. The van der Waals surface area contributed by atoms with E-state index in [9.17, 15) is 24.3 Å².